The molecule has 1 saturated carbocycles. The predicted octanol–water partition coefficient (Wildman–Crippen LogP) is -0.412. The number of benzene rings is 1. The molecule has 1 N–H and O–H groups in total. The van der Waals surface area contributed by atoms with Crippen LogP contribution >= 0.6 is 0 Å². The van der Waals surface area contributed by atoms with Gasteiger partial charge in [-0.2, -0.15) is 0 Å². The number of rotatable bonds is 10. The molecule has 10 nitrogen and oxygen atoms in total. The van der Waals surface area contributed by atoms with Crippen LogP contribution in [0.2, 0.25) is 0 Å². The molecule has 1 heterocycles. The first-order chi connectivity index (χ1) is 19.1. The van der Waals surface area contributed by atoms with Gasteiger partial charge in [-0.25, -0.2) is 28.4 Å². The third-order valence-corrected chi connectivity index (χ3v) is 7.59. The zero-order valence-electron chi connectivity index (χ0n) is 25.6. The van der Waals surface area contributed by atoms with E-state index >= 15 is 0 Å². The van der Waals surface area contributed by atoms with Crippen LogP contribution < -0.4 is 17.3 Å². The first-order valence-electron chi connectivity index (χ1n) is 14.5. The zero-order chi connectivity index (χ0) is 29.7. The second-order valence-corrected chi connectivity index (χ2v) is 12.2. The molecule has 0 radical (unpaired) electrons. The fourth-order valence-corrected chi connectivity index (χ4v) is 4.54. The Hall–Kier alpha value is -1.94. The lowest BCUT2D eigenvalue weighted by Gasteiger charge is -2.36. The molecule has 0 amide bonds. The molecular weight excluding hydrogens is 564 g/mol. The number of aryl methyl sites for hydroxylation is 1. The largest absolute Gasteiger partial charge is 1.00 e. The van der Waals surface area contributed by atoms with Crippen molar-refractivity contribution in [2.45, 2.75) is 63.3 Å². The van der Waals surface area contributed by atoms with Crippen LogP contribution in [0.25, 0.3) is 0 Å². The van der Waals surface area contributed by atoms with E-state index in [2.05, 4.69) is 53.1 Å². The highest BCUT2D eigenvalue weighted by Crippen LogP contribution is 2.19. The van der Waals surface area contributed by atoms with Crippen molar-refractivity contribution in [2.75, 3.05) is 80.2 Å². The summed E-state index contributed by atoms with van der Waals surface area (Å²) in [6.07, 6.45) is 7.60. The number of quaternary nitrogens is 2. The summed E-state index contributed by atoms with van der Waals surface area (Å²) in [7, 11) is 2.30. The van der Waals surface area contributed by atoms with Crippen molar-refractivity contribution in [3.63, 3.8) is 0 Å². The Labute approximate surface area is 254 Å². The summed E-state index contributed by atoms with van der Waals surface area (Å²) < 4.78 is 37.6. The van der Waals surface area contributed by atoms with Crippen molar-refractivity contribution in [1.82, 2.24) is 0 Å². The SMILES string of the molecule is CCN=C=NCCC[NH+](C)C.C[N+]1(CCN=C=NC2CCCCC2)CCOCC1.Cc1ccc(S(=O)(=O)[O-])cc1.[Cl-]. The average molecular weight is 615 g/mol. The number of ether oxygens (including phenoxy) is 1. The number of likely N-dealkylation sites (N-methyl/N-ethyl adjacent to an activating group) is 1. The molecule has 0 unspecified atom stereocenters. The fourth-order valence-electron chi connectivity index (χ4n) is 4.07. The molecule has 2 fully saturated rings. The lowest BCUT2D eigenvalue weighted by atomic mass is 9.96. The molecule has 1 saturated heterocycles. The minimum Gasteiger partial charge on any atom is -1.00 e. The lowest BCUT2D eigenvalue weighted by molar-refractivity contribution is -0.915. The molecule has 0 atom stereocenters. The van der Waals surface area contributed by atoms with E-state index in [1.807, 2.05) is 13.8 Å². The Morgan fingerprint density at radius 3 is 2.17 bits per heavy atom. The van der Waals surface area contributed by atoms with Gasteiger partial charge >= 0.3 is 0 Å². The van der Waals surface area contributed by atoms with Crippen molar-refractivity contribution in [3.05, 3.63) is 29.8 Å². The van der Waals surface area contributed by atoms with E-state index < -0.39 is 10.1 Å². The normalized spacial score (nSPS) is 16.3. The Morgan fingerprint density at radius 2 is 1.61 bits per heavy atom. The number of hydrogen-bond acceptors (Lipinski definition) is 8. The van der Waals surface area contributed by atoms with Gasteiger partial charge in [0.15, 0.2) is 0 Å². The van der Waals surface area contributed by atoms with Crippen molar-refractivity contribution in [1.29, 1.82) is 0 Å². The summed E-state index contributed by atoms with van der Waals surface area (Å²) in [5.74, 6) is 0. The van der Waals surface area contributed by atoms with Gasteiger partial charge in [-0.1, -0.05) is 37.0 Å². The molecule has 1 aliphatic heterocycles. The van der Waals surface area contributed by atoms with Gasteiger partial charge in [0.25, 0.3) is 0 Å². The van der Waals surface area contributed by atoms with Crippen LogP contribution in [0.3, 0.4) is 0 Å². The molecule has 2 aliphatic rings. The van der Waals surface area contributed by atoms with Gasteiger partial charge in [-0.3, -0.25) is 0 Å². The number of hydrogen-bond donors (Lipinski definition) is 1. The number of morpholine rings is 1. The van der Waals surface area contributed by atoms with E-state index in [-0.39, 0.29) is 17.3 Å². The van der Waals surface area contributed by atoms with Crippen molar-refractivity contribution in [3.8, 4) is 0 Å². The van der Waals surface area contributed by atoms with E-state index in [1.54, 1.807) is 12.1 Å². The number of halogens is 1. The highest BCUT2D eigenvalue weighted by Gasteiger charge is 2.24. The minimum absolute atomic E-state index is 0. The quantitative estimate of drug-likeness (QED) is 0.167. The third kappa shape index (κ3) is 20.6. The molecule has 1 aliphatic carbocycles. The van der Waals surface area contributed by atoms with Crippen molar-refractivity contribution >= 4 is 22.1 Å². The predicted molar refractivity (Wildman–Crippen MR) is 160 cm³/mol. The molecule has 0 aromatic heterocycles. The maximum absolute atomic E-state index is 10.4. The monoisotopic (exact) mass is 614 g/mol. The van der Waals surface area contributed by atoms with Crippen LogP contribution in [-0.4, -0.2) is 116 Å². The first-order valence-corrected chi connectivity index (χ1v) is 15.9. The van der Waals surface area contributed by atoms with Gasteiger partial charge < -0.3 is 31.1 Å². The second-order valence-electron chi connectivity index (χ2n) is 10.8. The first kappa shape index (κ1) is 39.1. The Morgan fingerprint density at radius 1 is 1.00 bits per heavy atom. The van der Waals surface area contributed by atoms with E-state index in [0.29, 0.717) is 6.04 Å². The number of aliphatic imine (C=N–C) groups is 4. The fraction of sp³-hybridized carbons (Fsp3) is 0.724. The Bertz CT molecular complexity index is 1040. The molecule has 1 aromatic rings. The van der Waals surface area contributed by atoms with Gasteiger partial charge in [-0.15, -0.1) is 0 Å². The van der Waals surface area contributed by atoms with Crippen LogP contribution in [0.1, 0.15) is 51.0 Å². The standard InChI is InChI=1S/C14H26N3O.C8H17N3.C7H8O3S.ClH/c1-17(9-11-18-12-10-17)8-7-15-13-16-14-5-3-2-4-6-14;1-4-9-8-10-6-5-7-11(2)3;1-6-2-4-7(5-3-6)11(8,9)10;/h14H,2-12H2,1H3;4-7H2,1-3H3;2-5H,1H3,(H,8,9,10);1H/q+1;;;/p-1. The van der Waals surface area contributed by atoms with Crippen LogP contribution in [-0.2, 0) is 14.9 Å². The van der Waals surface area contributed by atoms with E-state index in [1.165, 1.54) is 49.1 Å². The summed E-state index contributed by atoms with van der Waals surface area (Å²) in [6.45, 7) is 12.5. The molecule has 1 aromatic carbocycles. The number of nitrogens with zero attached hydrogens (tertiary/aromatic N) is 5. The second kappa shape index (κ2) is 22.6. The summed E-state index contributed by atoms with van der Waals surface area (Å²) in [4.78, 5) is 17.9. The molecule has 0 spiro atoms. The smallest absolute Gasteiger partial charge is 0.124 e. The molecular formula is C29H51ClN6O4S. The summed E-state index contributed by atoms with van der Waals surface area (Å²) in [5.41, 5.74) is 0.928. The maximum atomic E-state index is 10.4. The van der Waals surface area contributed by atoms with Crippen LogP contribution in [0.4, 0.5) is 0 Å². The van der Waals surface area contributed by atoms with Crippen molar-refractivity contribution < 1.29 is 39.5 Å². The Balaban J connectivity index is 0.000000610. The highest BCUT2D eigenvalue weighted by atomic mass is 35.5. The molecule has 12 heteroatoms. The third-order valence-electron chi connectivity index (χ3n) is 6.74. The molecule has 3 rings (SSSR count). The molecule has 41 heavy (non-hydrogen) atoms. The van der Waals surface area contributed by atoms with E-state index in [4.69, 9.17) is 4.74 Å². The highest BCUT2D eigenvalue weighted by molar-refractivity contribution is 7.85. The van der Waals surface area contributed by atoms with Crippen molar-refractivity contribution in [2.24, 2.45) is 20.0 Å². The van der Waals surface area contributed by atoms with Crippen LogP contribution in [0.15, 0.2) is 49.1 Å². The summed E-state index contributed by atoms with van der Waals surface area (Å²) in [5, 5.41) is 0. The zero-order valence-corrected chi connectivity index (χ0v) is 27.2. The van der Waals surface area contributed by atoms with E-state index in [0.717, 1.165) is 75.5 Å². The summed E-state index contributed by atoms with van der Waals surface area (Å²) >= 11 is 0. The summed E-state index contributed by atoms with van der Waals surface area (Å²) in [6, 6.07) is 11.8. The number of nitrogens with one attached hydrogen (secondary N) is 1. The van der Waals surface area contributed by atoms with Gasteiger partial charge in [0.2, 0.25) is 0 Å². The van der Waals surface area contributed by atoms with Gasteiger partial charge in [0.05, 0.1) is 83.5 Å². The minimum atomic E-state index is -4.27. The topological polar surface area (TPSA) is 120 Å². The molecule has 0 bridgehead atoms. The molecule has 234 valence electrons. The van der Waals surface area contributed by atoms with Crippen LogP contribution in [0.5, 0.6) is 0 Å². The lowest BCUT2D eigenvalue weighted by Crippen LogP contribution is -3.05. The van der Waals surface area contributed by atoms with E-state index in [9.17, 15) is 13.0 Å². The van der Waals surface area contributed by atoms with Gasteiger partial charge in [0, 0.05) is 13.0 Å². The Kier molecular flexibility index (Phi) is 21.6. The maximum Gasteiger partial charge on any atom is 0.124 e. The van der Waals surface area contributed by atoms with Gasteiger partial charge in [0.1, 0.15) is 23.2 Å². The average Bonchev–Trinajstić information content (AvgIpc) is 2.92. The van der Waals surface area contributed by atoms with Gasteiger partial charge in [-0.05, 0) is 38.8 Å². The van der Waals surface area contributed by atoms with Crippen LogP contribution in [0, 0.1) is 6.92 Å².